The van der Waals surface area contributed by atoms with Gasteiger partial charge in [0, 0.05) is 11.1 Å². The van der Waals surface area contributed by atoms with Gasteiger partial charge in [0.1, 0.15) is 5.82 Å². The zero-order valence-corrected chi connectivity index (χ0v) is 19.6. The van der Waals surface area contributed by atoms with Crippen molar-refractivity contribution < 1.29 is 27.5 Å². The van der Waals surface area contributed by atoms with Crippen LogP contribution in [0.2, 0.25) is 0 Å². The molecule has 0 radical (unpaired) electrons. The predicted molar refractivity (Wildman–Crippen MR) is 126 cm³/mol. The summed E-state index contributed by atoms with van der Waals surface area (Å²) in [5.74, 6) is -1.80. The molecule has 0 saturated heterocycles. The van der Waals surface area contributed by atoms with Crippen LogP contribution >= 0.6 is 11.3 Å². The fourth-order valence-electron chi connectivity index (χ4n) is 3.65. The van der Waals surface area contributed by atoms with E-state index in [1.165, 1.54) is 35.0 Å². The first-order chi connectivity index (χ1) is 16.5. The summed E-state index contributed by atoms with van der Waals surface area (Å²) in [5, 5.41) is 14.6. The molecule has 35 heavy (non-hydrogen) atoms. The number of hydrogen-bond donors (Lipinski definition) is 1. The Morgan fingerprint density at radius 3 is 2.34 bits per heavy atom. The molecule has 0 atom stereocenters. The fourth-order valence-corrected chi connectivity index (χ4v) is 4.75. The van der Waals surface area contributed by atoms with Crippen molar-refractivity contribution in [2.45, 2.75) is 26.9 Å². The Kier molecular flexibility index (Phi) is 6.33. The first kappa shape index (κ1) is 24.3. The van der Waals surface area contributed by atoms with Crippen LogP contribution < -0.4 is 0 Å². The van der Waals surface area contributed by atoms with Gasteiger partial charge in [0.2, 0.25) is 5.13 Å². The molecule has 4 rings (SSSR count). The molecule has 0 aliphatic carbocycles. The summed E-state index contributed by atoms with van der Waals surface area (Å²) in [7, 11) is 0. The molecule has 0 fully saturated rings. The molecule has 4 aromatic rings. The number of thiazole rings is 1. The van der Waals surface area contributed by atoms with Crippen LogP contribution in [0.5, 0.6) is 0 Å². The van der Waals surface area contributed by atoms with E-state index in [1.54, 1.807) is 13.0 Å². The van der Waals surface area contributed by atoms with Crippen LogP contribution in [0.3, 0.4) is 0 Å². The Balaban J connectivity index is 1.90. The number of nitrogens with zero attached hydrogens (tertiary/aromatic N) is 3. The van der Waals surface area contributed by atoms with E-state index in [-0.39, 0.29) is 16.4 Å². The molecule has 2 aromatic carbocycles. The smallest absolute Gasteiger partial charge is 0.416 e. The van der Waals surface area contributed by atoms with Gasteiger partial charge in [-0.15, -0.1) is 0 Å². The van der Waals surface area contributed by atoms with E-state index in [0.717, 1.165) is 29.0 Å². The first-order valence-corrected chi connectivity index (χ1v) is 11.2. The molecule has 10 heteroatoms. The molecule has 0 spiro atoms. The number of carbonyl (C=O) groups is 1. The van der Waals surface area contributed by atoms with Crippen molar-refractivity contribution in [2.75, 3.05) is 0 Å². The average molecular weight is 502 g/mol. The Bertz CT molecular complexity index is 1450. The molecule has 5 nitrogen and oxygen atoms in total. The normalized spacial score (nSPS) is 11.5. The van der Waals surface area contributed by atoms with Crippen molar-refractivity contribution in [3.8, 4) is 27.5 Å². The highest BCUT2D eigenvalue weighted by molar-refractivity contribution is 7.15. The predicted octanol–water partition coefficient (Wildman–Crippen LogP) is 7.25. The number of rotatable bonds is 5. The van der Waals surface area contributed by atoms with Crippen LogP contribution in [-0.4, -0.2) is 25.8 Å². The highest BCUT2D eigenvalue weighted by Crippen LogP contribution is 2.37. The number of benzene rings is 2. The van der Waals surface area contributed by atoms with Gasteiger partial charge in [0.25, 0.3) is 0 Å². The van der Waals surface area contributed by atoms with E-state index in [9.17, 15) is 27.5 Å². The summed E-state index contributed by atoms with van der Waals surface area (Å²) >= 11 is 1.15. The summed E-state index contributed by atoms with van der Waals surface area (Å²) in [4.78, 5) is 17.5. The Morgan fingerprint density at radius 2 is 1.77 bits per heavy atom. The molecule has 1 N–H and O–H groups in total. The molecule has 0 aliphatic heterocycles. The van der Waals surface area contributed by atoms with Crippen molar-refractivity contribution in [2.24, 2.45) is 0 Å². The van der Waals surface area contributed by atoms with Gasteiger partial charge < -0.3 is 5.11 Å². The van der Waals surface area contributed by atoms with E-state index < -0.39 is 23.5 Å². The number of carboxylic acid groups (broad SMARTS) is 1. The van der Waals surface area contributed by atoms with Crippen LogP contribution in [0.25, 0.3) is 33.6 Å². The molecule has 2 aromatic heterocycles. The molecule has 0 bridgehead atoms. The number of halogens is 4. The summed E-state index contributed by atoms with van der Waals surface area (Å²) in [6.45, 7) is 5.34. The van der Waals surface area contributed by atoms with Crippen LogP contribution in [-0.2, 0) is 6.18 Å². The second-order valence-corrected chi connectivity index (χ2v) is 9.05. The molecule has 180 valence electrons. The number of carboxylic acids is 1. The Morgan fingerprint density at radius 1 is 1.09 bits per heavy atom. The van der Waals surface area contributed by atoms with Crippen LogP contribution in [0.4, 0.5) is 17.6 Å². The lowest BCUT2D eigenvalue weighted by Crippen LogP contribution is -2.09. The highest BCUT2D eigenvalue weighted by Gasteiger charge is 2.30. The van der Waals surface area contributed by atoms with E-state index in [2.05, 4.69) is 10.1 Å². The van der Waals surface area contributed by atoms with Gasteiger partial charge in [0.15, 0.2) is 5.69 Å². The van der Waals surface area contributed by atoms with Gasteiger partial charge in [0.05, 0.1) is 21.8 Å². The lowest BCUT2D eigenvalue weighted by Gasteiger charge is -2.07. The van der Waals surface area contributed by atoms with Gasteiger partial charge in [-0.05, 0) is 56.7 Å². The lowest BCUT2D eigenvalue weighted by molar-refractivity contribution is -0.137. The monoisotopic (exact) mass is 501 g/mol. The molecule has 0 unspecified atom stereocenters. The molecular formula is C25H19F4N3O2S. The maximum Gasteiger partial charge on any atom is 0.416 e. The Labute approximate surface area is 202 Å². The van der Waals surface area contributed by atoms with Crippen LogP contribution in [0.15, 0.2) is 54.1 Å². The molecular weight excluding hydrogens is 482 g/mol. The standard InChI is InChI=1S/C25H19F4N3O2S/c1-13(2)11-19-21(15-7-9-17(10-8-15)25(27,28)29)30-24(35-19)32-22(23(33)34)20(14(3)31-32)16-5-4-6-18(26)12-16/h4-12H,1-3H3,(H,33,34). The third-order valence-electron chi connectivity index (χ3n) is 5.10. The maximum absolute atomic E-state index is 13.9. The van der Waals surface area contributed by atoms with Gasteiger partial charge in [-0.1, -0.05) is 41.2 Å². The average Bonchev–Trinajstić information content (AvgIpc) is 3.33. The number of aryl methyl sites for hydroxylation is 1. The quantitative estimate of drug-likeness (QED) is 0.293. The first-order valence-electron chi connectivity index (χ1n) is 10.4. The van der Waals surface area contributed by atoms with Gasteiger partial charge in [-0.2, -0.15) is 23.0 Å². The highest BCUT2D eigenvalue weighted by atomic mass is 32.1. The minimum absolute atomic E-state index is 0.190. The van der Waals surface area contributed by atoms with Crippen molar-refractivity contribution in [1.82, 2.24) is 14.8 Å². The van der Waals surface area contributed by atoms with Gasteiger partial charge in [-0.3, -0.25) is 0 Å². The second kappa shape index (κ2) is 9.10. The molecule has 0 saturated carbocycles. The number of aromatic carboxylic acids is 1. The zero-order chi connectivity index (χ0) is 25.5. The number of allylic oxidation sites excluding steroid dienone is 1. The van der Waals surface area contributed by atoms with E-state index in [4.69, 9.17) is 0 Å². The second-order valence-electron chi connectivity index (χ2n) is 8.04. The van der Waals surface area contributed by atoms with E-state index in [0.29, 0.717) is 27.4 Å². The minimum Gasteiger partial charge on any atom is -0.476 e. The zero-order valence-electron chi connectivity index (χ0n) is 18.8. The summed E-state index contributed by atoms with van der Waals surface area (Å²) in [5.41, 5.74) is 1.77. The van der Waals surface area contributed by atoms with Crippen molar-refractivity contribution >= 4 is 23.4 Å². The molecule has 0 amide bonds. The van der Waals surface area contributed by atoms with Crippen molar-refractivity contribution in [3.63, 3.8) is 0 Å². The summed E-state index contributed by atoms with van der Waals surface area (Å²) in [6, 6.07) is 10.2. The number of aromatic nitrogens is 3. The van der Waals surface area contributed by atoms with E-state index in [1.807, 2.05) is 19.9 Å². The molecule has 0 aliphatic rings. The van der Waals surface area contributed by atoms with E-state index >= 15 is 0 Å². The lowest BCUT2D eigenvalue weighted by atomic mass is 10.0. The SMILES string of the molecule is CC(C)=Cc1sc(-n2nc(C)c(-c3cccc(F)c3)c2C(=O)O)nc1-c1ccc(C(F)(F)F)cc1. The van der Waals surface area contributed by atoms with Gasteiger partial charge in [-0.25, -0.2) is 14.2 Å². The van der Waals surface area contributed by atoms with Crippen molar-refractivity contribution in [3.05, 3.63) is 81.7 Å². The van der Waals surface area contributed by atoms with Crippen LogP contribution in [0, 0.1) is 12.7 Å². The third kappa shape index (κ3) is 4.88. The third-order valence-corrected chi connectivity index (χ3v) is 6.08. The fraction of sp³-hybridized carbons (Fsp3) is 0.160. The Hall–Kier alpha value is -3.79. The van der Waals surface area contributed by atoms with Gasteiger partial charge >= 0.3 is 12.1 Å². The molecule has 2 heterocycles. The largest absolute Gasteiger partial charge is 0.476 e. The summed E-state index contributed by atoms with van der Waals surface area (Å²) in [6.07, 6.45) is -2.65. The van der Waals surface area contributed by atoms with Crippen LogP contribution in [0.1, 0.15) is 40.5 Å². The minimum atomic E-state index is -4.47. The number of alkyl halides is 3. The van der Waals surface area contributed by atoms with Crippen molar-refractivity contribution in [1.29, 1.82) is 0 Å². The maximum atomic E-state index is 13.9. The number of hydrogen-bond acceptors (Lipinski definition) is 4. The summed E-state index contributed by atoms with van der Waals surface area (Å²) < 4.78 is 54.1. The topological polar surface area (TPSA) is 68.0 Å².